The summed E-state index contributed by atoms with van der Waals surface area (Å²) in [5.41, 5.74) is 0. The standard InChI is InChI=1S/C11H18N2O2/c1-4-5-6-8(2)12-9-7-10(14)13(3)11(9)15/h4,8-9,12H,1,5-7H2,2-3H3. The molecule has 1 rings (SSSR count). The second-order valence-electron chi connectivity index (χ2n) is 3.98. The van der Waals surface area contributed by atoms with E-state index in [1.165, 1.54) is 11.9 Å². The van der Waals surface area contributed by atoms with Gasteiger partial charge in [-0.3, -0.25) is 14.5 Å². The van der Waals surface area contributed by atoms with Gasteiger partial charge in [-0.05, 0) is 19.8 Å². The molecule has 0 aromatic rings. The highest BCUT2D eigenvalue weighted by molar-refractivity contribution is 6.05. The number of nitrogens with one attached hydrogen (secondary N) is 1. The summed E-state index contributed by atoms with van der Waals surface area (Å²) in [5.74, 6) is -0.223. The van der Waals surface area contributed by atoms with Crippen molar-refractivity contribution in [3.63, 3.8) is 0 Å². The minimum absolute atomic E-state index is 0.103. The molecule has 1 heterocycles. The van der Waals surface area contributed by atoms with Gasteiger partial charge in [0.1, 0.15) is 0 Å². The van der Waals surface area contributed by atoms with Crippen LogP contribution in [0.2, 0.25) is 0 Å². The first-order chi connectivity index (χ1) is 7.06. The van der Waals surface area contributed by atoms with Crippen molar-refractivity contribution in [2.24, 2.45) is 0 Å². The Morgan fingerprint density at radius 3 is 2.80 bits per heavy atom. The molecule has 0 saturated carbocycles. The first kappa shape index (κ1) is 11.9. The molecule has 0 spiro atoms. The molecule has 15 heavy (non-hydrogen) atoms. The van der Waals surface area contributed by atoms with Gasteiger partial charge in [0, 0.05) is 13.1 Å². The third-order valence-electron chi connectivity index (χ3n) is 2.67. The number of nitrogens with zero attached hydrogens (tertiary/aromatic N) is 1. The zero-order valence-electron chi connectivity index (χ0n) is 9.32. The van der Waals surface area contributed by atoms with Gasteiger partial charge in [-0.1, -0.05) is 6.08 Å². The number of hydrogen-bond acceptors (Lipinski definition) is 3. The van der Waals surface area contributed by atoms with Crippen molar-refractivity contribution in [2.45, 2.75) is 38.3 Å². The van der Waals surface area contributed by atoms with E-state index in [1.54, 1.807) is 0 Å². The van der Waals surface area contributed by atoms with Gasteiger partial charge in [-0.25, -0.2) is 0 Å². The van der Waals surface area contributed by atoms with Crippen molar-refractivity contribution in [3.05, 3.63) is 12.7 Å². The second-order valence-corrected chi connectivity index (χ2v) is 3.98. The molecule has 84 valence electrons. The number of likely N-dealkylation sites (tertiary alicyclic amines) is 1. The number of rotatable bonds is 5. The van der Waals surface area contributed by atoms with Gasteiger partial charge in [-0.15, -0.1) is 6.58 Å². The summed E-state index contributed by atoms with van der Waals surface area (Å²) in [4.78, 5) is 24.0. The van der Waals surface area contributed by atoms with Crippen LogP contribution in [0, 0.1) is 0 Å². The minimum Gasteiger partial charge on any atom is -0.303 e. The average molecular weight is 210 g/mol. The quantitative estimate of drug-likeness (QED) is 0.536. The lowest BCUT2D eigenvalue weighted by molar-refractivity contribution is -0.137. The number of carbonyl (C=O) groups is 2. The molecule has 1 saturated heterocycles. The minimum atomic E-state index is -0.331. The fourth-order valence-corrected chi connectivity index (χ4v) is 1.68. The highest BCUT2D eigenvalue weighted by Gasteiger charge is 2.36. The predicted octanol–water partition coefficient (Wildman–Crippen LogP) is 0.688. The number of hydrogen-bond donors (Lipinski definition) is 1. The van der Waals surface area contributed by atoms with E-state index in [2.05, 4.69) is 11.9 Å². The third-order valence-corrected chi connectivity index (χ3v) is 2.67. The third kappa shape index (κ3) is 2.89. The van der Waals surface area contributed by atoms with Gasteiger partial charge < -0.3 is 5.32 Å². The zero-order valence-corrected chi connectivity index (χ0v) is 9.32. The molecule has 4 heteroatoms. The van der Waals surface area contributed by atoms with Gasteiger partial charge in [-0.2, -0.15) is 0 Å². The fourth-order valence-electron chi connectivity index (χ4n) is 1.68. The van der Waals surface area contributed by atoms with E-state index in [9.17, 15) is 9.59 Å². The summed E-state index contributed by atoms with van der Waals surface area (Å²) in [6, 6.07) is -0.0986. The number of likely N-dealkylation sites (N-methyl/N-ethyl adjacent to an activating group) is 1. The maximum atomic E-state index is 11.5. The lowest BCUT2D eigenvalue weighted by atomic mass is 10.1. The Bertz CT molecular complexity index is 276. The molecular formula is C11H18N2O2. The molecule has 2 unspecified atom stereocenters. The highest BCUT2D eigenvalue weighted by atomic mass is 16.2. The normalized spacial score (nSPS) is 23.3. The lowest BCUT2D eigenvalue weighted by Gasteiger charge is -2.16. The van der Waals surface area contributed by atoms with E-state index in [0.29, 0.717) is 0 Å². The Labute approximate surface area is 90.3 Å². The molecule has 0 aromatic carbocycles. The monoisotopic (exact) mass is 210 g/mol. The molecule has 0 radical (unpaired) electrons. The Kier molecular flexibility index (Phi) is 4.03. The molecule has 2 atom stereocenters. The second kappa shape index (κ2) is 5.07. The van der Waals surface area contributed by atoms with Crippen LogP contribution in [0.15, 0.2) is 12.7 Å². The van der Waals surface area contributed by atoms with Gasteiger partial charge in [0.2, 0.25) is 11.8 Å². The summed E-state index contributed by atoms with van der Waals surface area (Å²) in [5, 5.41) is 3.16. The Morgan fingerprint density at radius 2 is 2.33 bits per heavy atom. The first-order valence-corrected chi connectivity index (χ1v) is 5.23. The van der Waals surface area contributed by atoms with Gasteiger partial charge in [0.15, 0.2) is 0 Å². The fraction of sp³-hybridized carbons (Fsp3) is 0.636. The summed E-state index contributed by atoms with van der Waals surface area (Å²) in [6.07, 6.45) is 3.99. The van der Waals surface area contributed by atoms with Crippen LogP contribution in [0.4, 0.5) is 0 Å². The zero-order chi connectivity index (χ0) is 11.4. The van der Waals surface area contributed by atoms with Crippen molar-refractivity contribution in [1.82, 2.24) is 10.2 Å². The topological polar surface area (TPSA) is 49.4 Å². The molecule has 1 N–H and O–H groups in total. The predicted molar refractivity (Wildman–Crippen MR) is 58.2 cm³/mol. The summed E-state index contributed by atoms with van der Waals surface area (Å²) in [6.45, 7) is 5.66. The van der Waals surface area contributed by atoms with Crippen molar-refractivity contribution in [2.75, 3.05) is 7.05 Å². The molecule has 1 aliphatic heterocycles. The van der Waals surface area contributed by atoms with Gasteiger partial charge >= 0.3 is 0 Å². The van der Waals surface area contributed by atoms with Crippen LogP contribution >= 0.6 is 0 Å². The van der Waals surface area contributed by atoms with E-state index in [0.717, 1.165) is 12.8 Å². The molecule has 0 aliphatic carbocycles. The Hall–Kier alpha value is -1.16. The molecular weight excluding hydrogens is 192 g/mol. The van der Waals surface area contributed by atoms with Crippen LogP contribution in [0.3, 0.4) is 0 Å². The van der Waals surface area contributed by atoms with Gasteiger partial charge in [0.05, 0.1) is 12.5 Å². The molecule has 2 amide bonds. The summed E-state index contributed by atoms with van der Waals surface area (Å²) < 4.78 is 0. The maximum Gasteiger partial charge on any atom is 0.246 e. The van der Waals surface area contributed by atoms with E-state index >= 15 is 0 Å². The largest absolute Gasteiger partial charge is 0.303 e. The smallest absolute Gasteiger partial charge is 0.246 e. The van der Waals surface area contributed by atoms with E-state index in [-0.39, 0.29) is 30.3 Å². The van der Waals surface area contributed by atoms with Crippen molar-refractivity contribution in [1.29, 1.82) is 0 Å². The van der Waals surface area contributed by atoms with Crippen molar-refractivity contribution in [3.8, 4) is 0 Å². The van der Waals surface area contributed by atoms with Crippen LogP contribution in [0.5, 0.6) is 0 Å². The number of amides is 2. The van der Waals surface area contributed by atoms with Crippen LogP contribution in [0.25, 0.3) is 0 Å². The number of imide groups is 1. The molecule has 0 aromatic heterocycles. The lowest BCUT2D eigenvalue weighted by Crippen LogP contribution is -2.41. The van der Waals surface area contributed by atoms with E-state index in [4.69, 9.17) is 0 Å². The van der Waals surface area contributed by atoms with Crippen LogP contribution in [0.1, 0.15) is 26.2 Å². The Balaban J connectivity index is 2.42. The van der Waals surface area contributed by atoms with E-state index in [1.807, 2.05) is 13.0 Å². The first-order valence-electron chi connectivity index (χ1n) is 5.23. The van der Waals surface area contributed by atoms with Crippen LogP contribution in [-0.4, -0.2) is 35.8 Å². The van der Waals surface area contributed by atoms with Crippen molar-refractivity contribution >= 4 is 11.8 Å². The number of allylic oxidation sites excluding steroid dienone is 1. The number of carbonyl (C=O) groups excluding carboxylic acids is 2. The van der Waals surface area contributed by atoms with Crippen LogP contribution in [-0.2, 0) is 9.59 Å². The van der Waals surface area contributed by atoms with Crippen molar-refractivity contribution < 1.29 is 9.59 Å². The maximum absolute atomic E-state index is 11.5. The average Bonchev–Trinajstić information content (AvgIpc) is 2.43. The van der Waals surface area contributed by atoms with Crippen LogP contribution < -0.4 is 5.32 Å². The van der Waals surface area contributed by atoms with Gasteiger partial charge in [0.25, 0.3) is 0 Å². The SMILES string of the molecule is C=CCCC(C)NC1CC(=O)N(C)C1=O. The molecule has 4 nitrogen and oxygen atoms in total. The highest BCUT2D eigenvalue weighted by Crippen LogP contribution is 2.12. The molecule has 0 bridgehead atoms. The Morgan fingerprint density at radius 1 is 1.67 bits per heavy atom. The molecule has 1 fully saturated rings. The summed E-state index contributed by atoms with van der Waals surface area (Å²) >= 11 is 0. The molecule has 1 aliphatic rings. The van der Waals surface area contributed by atoms with E-state index < -0.39 is 0 Å². The summed E-state index contributed by atoms with van der Waals surface area (Å²) in [7, 11) is 1.53.